The second kappa shape index (κ2) is 20.7. The lowest BCUT2D eigenvalue weighted by Crippen LogP contribution is -2.66. The first-order valence-corrected chi connectivity index (χ1v) is 18.2. The minimum atomic E-state index is -5.05. The number of ether oxygens (including phenoxy) is 2. The molecule has 1 aliphatic rings. The number of unbranched alkanes of at least 4 members (excludes halogenated alkanes) is 3. The van der Waals surface area contributed by atoms with Crippen LogP contribution in [-0.2, 0) is 33.7 Å². The number of nitrogens with zero attached hydrogens (tertiary/aromatic N) is 1. The summed E-state index contributed by atoms with van der Waals surface area (Å²) in [6.45, 7) is 3.58. The summed E-state index contributed by atoms with van der Waals surface area (Å²) < 4.78 is 47.5. The normalized spacial score (nSPS) is 20.2. The van der Waals surface area contributed by atoms with E-state index in [2.05, 4.69) is 20.1 Å². The molecule has 3 rings (SSSR count). The Morgan fingerprint density at radius 2 is 1.65 bits per heavy atom. The third kappa shape index (κ3) is 14.2. The van der Waals surface area contributed by atoms with Crippen LogP contribution in [0.2, 0.25) is 0 Å². The molecule has 1 aliphatic heterocycles. The number of nitrogens with one attached hydrogen (secondary N) is 3. The average molecular weight is 737 g/mol. The smallest absolute Gasteiger partial charge is 0.397 e. The molecule has 16 nitrogen and oxygen atoms in total. The Morgan fingerprint density at radius 3 is 2.27 bits per heavy atom. The quantitative estimate of drug-likeness (QED) is 0.0845. The SMILES string of the molecule is CCCCC(=O)N(CCCCCNC(=O)c1ccccc1)CCC(=O)Nc1ccc(O[C@@H]2O[C@@H](CO)[C@H](OS(=O)(=O)O)[C@@H](O)[C@H]2NC(C)=O)cc1. The summed E-state index contributed by atoms with van der Waals surface area (Å²) in [5, 5.41) is 28.5. The van der Waals surface area contributed by atoms with Gasteiger partial charge in [-0.3, -0.25) is 23.7 Å². The Hall–Kier alpha value is -4.13. The van der Waals surface area contributed by atoms with Crippen LogP contribution in [0.3, 0.4) is 0 Å². The first-order chi connectivity index (χ1) is 24.3. The molecule has 0 bridgehead atoms. The second-order valence-corrected chi connectivity index (χ2v) is 13.1. The second-order valence-electron chi connectivity index (χ2n) is 12.0. The molecule has 0 unspecified atom stereocenters. The number of anilines is 1. The highest BCUT2D eigenvalue weighted by molar-refractivity contribution is 7.80. The fourth-order valence-corrected chi connectivity index (χ4v) is 5.89. The molecule has 2 aromatic rings. The number of rotatable bonds is 20. The molecular formula is C34H48N4O12S. The lowest BCUT2D eigenvalue weighted by Gasteiger charge is -2.43. The fourth-order valence-electron chi connectivity index (χ4n) is 5.37. The average Bonchev–Trinajstić information content (AvgIpc) is 3.09. The number of amides is 4. The van der Waals surface area contributed by atoms with Crippen molar-refractivity contribution in [1.82, 2.24) is 15.5 Å². The molecule has 6 N–H and O–H groups in total. The lowest BCUT2D eigenvalue weighted by atomic mass is 9.97. The van der Waals surface area contributed by atoms with E-state index in [0.29, 0.717) is 30.8 Å². The summed E-state index contributed by atoms with van der Waals surface area (Å²) in [5.74, 6) is -0.901. The number of carbonyl (C=O) groups is 4. The highest BCUT2D eigenvalue weighted by Crippen LogP contribution is 2.28. The maximum absolute atomic E-state index is 12.9. The molecule has 0 radical (unpaired) electrons. The van der Waals surface area contributed by atoms with Crippen LogP contribution in [0.25, 0.3) is 0 Å². The highest BCUT2D eigenvalue weighted by atomic mass is 32.3. The van der Waals surface area contributed by atoms with Crippen LogP contribution in [-0.4, -0.2) is 109 Å². The van der Waals surface area contributed by atoms with E-state index in [0.717, 1.165) is 39.0 Å². The molecule has 0 aliphatic carbocycles. The van der Waals surface area contributed by atoms with Gasteiger partial charge in [-0.1, -0.05) is 31.5 Å². The minimum Gasteiger partial charge on any atom is -0.463 e. The van der Waals surface area contributed by atoms with Crippen LogP contribution in [0, 0.1) is 0 Å². The van der Waals surface area contributed by atoms with E-state index in [4.69, 9.17) is 14.0 Å². The zero-order valence-electron chi connectivity index (χ0n) is 28.7. The van der Waals surface area contributed by atoms with Gasteiger partial charge in [0.1, 0.15) is 30.1 Å². The van der Waals surface area contributed by atoms with Crippen LogP contribution in [0.1, 0.15) is 69.2 Å². The molecule has 0 spiro atoms. The van der Waals surface area contributed by atoms with E-state index in [1.807, 2.05) is 13.0 Å². The molecule has 0 saturated carbocycles. The van der Waals surface area contributed by atoms with E-state index < -0.39 is 53.6 Å². The molecule has 1 fully saturated rings. The summed E-state index contributed by atoms with van der Waals surface area (Å²) in [6, 6.07) is 13.6. The minimum absolute atomic E-state index is 0.0181. The molecule has 5 atom stereocenters. The summed E-state index contributed by atoms with van der Waals surface area (Å²) in [7, 11) is -5.05. The van der Waals surface area contributed by atoms with Crippen LogP contribution in [0.5, 0.6) is 5.75 Å². The van der Waals surface area contributed by atoms with Crippen LogP contribution >= 0.6 is 0 Å². The van der Waals surface area contributed by atoms with Gasteiger partial charge in [0.15, 0.2) is 0 Å². The number of carbonyl (C=O) groups excluding carboxylic acids is 4. The number of hydrogen-bond donors (Lipinski definition) is 6. The van der Waals surface area contributed by atoms with Crippen molar-refractivity contribution in [2.45, 2.75) is 89.4 Å². The number of aliphatic hydroxyl groups is 2. The van der Waals surface area contributed by atoms with Gasteiger partial charge >= 0.3 is 10.4 Å². The van der Waals surface area contributed by atoms with Gasteiger partial charge in [0.25, 0.3) is 5.91 Å². The summed E-state index contributed by atoms with van der Waals surface area (Å²) >= 11 is 0. The van der Waals surface area contributed by atoms with Crippen molar-refractivity contribution in [3.8, 4) is 5.75 Å². The molecule has 4 amide bonds. The first kappa shape index (κ1) is 41.3. The van der Waals surface area contributed by atoms with Crippen molar-refractivity contribution in [1.29, 1.82) is 0 Å². The standard InChI is InChI=1S/C34H48N4O12S/c1-3-4-13-29(42)38(20-10-6-9-19-35-33(44)24-11-7-5-8-12-24)21-18-28(41)37-25-14-16-26(17-15-25)48-34-30(36-23(2)40)31(43)32(27(22-39)49-34)50-51(45,46)47/h5,7-8,11-12,14-17,27,30-32,34,39,43H,3-4,6,9-10,13,18-22H2,1-2H3,(H,35,44)(H,36,40)(H,37,41)(H,45,46,47)/t27-,30+,31-,32-,34+/m0/s1. The topological polar surface area (TPSA) is 230 Å². The zero-order chi connectivity index (χ0) is 37.4. The van der Waals surface area contributed by atoms with Gasteiger partial charge < -0.3 is 40.5 Å². The molecule has 0 aromatic heterocycles. The van der Waals surface area contributed by atoms with E-state index in [-0.39, 0.29) is 36.4 Å². The number of aliphatic hydroxyl groups excluding tert-OH is 2. The van der Waals surface area contributed by atoms with Gasteiger partial charge in [-0.05, 0) is 62.1 Å². The summed E-state index contributed by atoms with van der Waals surface area (Å²) in [6.07, 6.45) is -2.04. The molecule has 1 saturated heterocycles. The molecule has 17 heteroatoms. The maximum atomic E-state index is 12.9. The summed E-state index contributed by atoms with van der Waals surface area (Å²) in [5.41, 5.74) is 1.02. The van der Waals surface area contributed by atoms with Crippen molar-refractivity contribution in [2.75, 3.05) is 31.6 Å². The van der Waals surface area contributed by atoms with E-state index in [1.165, 1.54) is 24.3 Å². The fraction of sp³-hybridized carbons (Fsp3) is 0.529. The van der Waals surface area contributed by atoms with Crippen molar-refractivity contribution in [3.05, 3.63) is 60.2 Å². The molecule has 2 aromatic carbocycles. The Balaban J connectivity index is 1.51. The zero-order valence-corrected chi connectivity index (χ0v) is 29.5. The predicted octanol–water partition coefficient (Wildman–Crippen LogP) is 1.78. The molecule has 51 heavy (non-hydrogen) atoms. The maximum Gasteiger partial charge on any atom is 0.397 e. The van der Waals surface area contributed by atoms with Crippen molar-refractivity contribution in [3.63, 3.8) is 0 Å². The molecule has 1 heterocycles. The van der Waals surface area contributed by atoms with Crippen LogP contribution in [0.15, 0.2) is 54.6 Å². The van der Waals surface area contributed by atoms with Gasteiger partial charge in [0, 0.05) is 50.7 Å². The van der Waals surface area contributed by atoms with Gasteiger partial charge in [-0.15, -0.1) is 0 Å². The van der Waals surface area contributed by atoms with Gasteiger partial charge in [0.2, 0.25) is 24.0 Å². The Labute approximate surface area is 297 Å². The van der Waals surface area contributed by atoms with Gasteiger partial charge in [0.05, 0.1) is 6.61 Å². The van der Waals surface area contributed by atoms with Crippen molar-refractivity contribution in [2.24, 2.45) is 0 Å². The van der Waals surface area contributed by atoms with E-state index in [9.17, 15) is 37.8 Å². The highest BCUT2D eigenvalue weighted by Gasteiger charge is 2.49. The largest absolute Gasteiger partial charge is 0.463 e. The molecular weight excluding hydrogens is 688 g/mol. The summed E-state index contributed by atoms with van der Waals surface area (Å²) in [4.78, 5) is 51.4. The number of hydrogen-bond acceptors (Lipinski definition) is 11. The monoisotopic (exact) mass is 736 g/mol. The predicted molar refractivity (Wildman–Crippen MR) is 185 cm³/mol. The van der Waals surface area contributed by atoms with Crippen LogP contribution in [0.4, 0.5) is 5.69 Å². The van der Waals surface area contributed by atoms with Crippen LogP contribution < -0.4 is 20.7 Å². The van der Waals surface area contributed by atoms with E-state index >= 15 is 0 Å². The Bertz CT molecular complexity index is 1530. The lowest BCUT2D eigenvalue weighted by molar-refractivity contribution is -0.239. The third-order valence-corrected chi connectivity index (χ3v) is 8.44. The van der Waals surface area contributed by atoms with Crippen molar-refractivity contribution < 1.29 is 56.0 Å². The van der Waals surface area contributed by atoms with E-state index in [1.54, 1.807) is 29.2 Å². The Kier molecular flexibility index (Phi) is 16.7. The third-order valence-electron chi connectivity index (χ3n) is 7.98. The number of benzene rings is 2. The Morgan fingerprint density at radius 1 is 0.941 bits per heavy atom. The molecule has 282 valence electrons. The van der Waals surface area contributed by atoms with Crippen molar-refractivity contribution >= 4 is 39.7 Å². The van der Waals surface area contributed by atoms with Gasteiger partial charge in [-0.2, -0.15) is 8.42 Å². The first-order valence-electron chi connectivity index (χ1n) is 16.9. The van der Waals surface area contributed by atoms with Gasteiger partial charge in [-0.25, -0.2) is 4.18 Å².